The highest BCUT2D eigenvalue weighted by Crippen LogP contribution is 2.24. The molecule has 0 saturated heterocycles. The molecule has 0 saturated carbocycles. The Hall–Kier alpha value is -1.62. The topological polar surface area (TPSA) is 45.5 Å². The van der Waals surface area contributed by atoms with E-state index in [2.05, 4.69) is 61.2 Å². The number of fused-ring (bicyclic) bond motifs is 1. The monoisotopic (exact) mass is 289 g/mol. The van der Waals surface area contributed by atoms with Gasteiger partial charge in [-0.05, 0) is 39.5 Å². The molecule has 0 radical (unpaired) electrons. The maximum atomic E-state index is 4.64. The summed E-state index contributed by atoms with van der Waals surface area (Å²) in [5.74, 6) is 0.922. The number of nitrogens with one attached hydrogen (secondary N) is 1. The number of unbranched alkanes of at least 4 members (excludes halogenated alkanes) is 1. The molecule has 2 aromatic rings. The van der Waals surface area contributed by atoms with Crippen molar-refractivity contribution in [1.82, 2.24) is 19.5 Å². The van der Waals surface area contributed by atoms with Gasteiger partial charge in [-0.25, -0.2) is 9.50 Å². The van der Waals surface area contributed by atoms with E-state index in [9.17, 15) is 0 Å². The molecule has 5 heteroatoms. The van der Waals surface area contributed by atoms with E-state index in [0.29, 0.717) is 0 Å². The van der Waals surface area contributed by atoms with Gasteiger partial charge in [0.15, 0.2) is 5.82 Å². The van der Waals surface area contributed by atoms with Crippen LogP contribution in [0.25, 0.3) is 5.52 Å². The summed E-state index contributed by atoms with van der Waals surface area (Å²) >= 11 is 0. The second-order valence-corrected chi connectivity index (χ2v) is 6.82. The minimum atomic E-state index is 0.0506. The molecule has 2 rings (SSSR count). The van der Waals surface area contributed by atoms with Gasteiger partial charge in [-0.15, -0.1) is 0 Å². The van der Waals surface area contributed by atoms with E-state index in [1.807, 2.05) is 10.7 Å². The Morgan fingerprint density at radius 3 is 2.67 bits per heavy atom. The molecule has 0 amide bonds. The van der Waals surface area contributed by atoms with Crippen molar-refractivity contribution in [3.63, 3.8) is 0 Å². The van der Waals surface area contributed by atoms with Gasteiger partial charge in [-0.1, -0.05) is 20.8 Å². The number of hydrogen-bond acceptors (Lipinski definition) is 4. The van der Waals surface area contributed by atoms with Crippen LogP contribution in [-0.4, -0.2) is 46.7 Å². The highest BCUT2D eigenvalue weighted by Gasteiger charge is 2.18. The lowest BCUT2D eigenvalue weighted by atomic mass is 9.92. The van der Waals surface area contributed by atoms with Crippen molar-refractivity contribution < 1.29 is 0 Å². The number of rotatable bonds is 6. The van der Waals surface area contributed by atoms with Crippen molar-refractivity contribution in [3.8, 4) is 0 Å². The minimum Gasteiger partial charge on any atom is -0.368 e. The van der Waals surface area contributed by atoms with Crippen LogP contribution in [0.1, 0.15) is 39.3 Å². The maximum Gasteiger partial charge on any atom is 0.152 e. The molecule has 0 atom stereocenters. The Morgan fingerprint density at radius 2 is 2.00 bits per heavy atom. The van der Waals surface area contributed by atoms with Gasteiger partial charge in [0.25, 0.3) is 0 Å². The van der Waals surface area contributed by atoms with Crippen LogP contribution in [0, 0.1) is 0 Å². The largest absolute Gasteiger partial charge is 0.368 e. The van der Waals surface area contributed by atoms with Crippen LogP contribution >= 0.6 is 0 Å². The zero-order valence-corrected chi connectivity index (χ0v) is 13.8. The van der Waals surface area contributed by atoms with E-state index < -0.39 is 0 Å². The van der Waals surface area contributed by atoms with Gasteiger partial charge in [0.05, 0.1) is 5.69 Å². The van der Waals surface area contributed by atoms with E-state index in [-0.39, 0.29) is 5.41 Å². The summed E-state index contributed by atoms with van der Waals surface area (Å²) in [6.45, 7) is 8.60. The van der Waals surface area contributed by atoms with Gasteiger partial charge in [0.1, 0.15) is 5.52 Å². The molecule has 1 N–H and O–H groups in total. The summed E-state index contributed by atoms with van der Waals surface area (Å²) in [5.41, 5.74) is 2.19. The molecular formula is C16H27N5. The Bertz CT molecular complexity index is 580. The predicted molar refractivity (Wildman–Crippen MR) is 88.0 cm³/mol. The van der Waals surface area contributed by atoms with E-state index in [4.69, 9.17) is 0 Å². The quantitative estimate of drug-likeness (QED) is 0.831. The Balaban J connectivity index is 2.04. The molecule has 0 spiro atoms. The van der Waals surface area contributed by atoms with Crippen LogP contribution in [0.5, 0.6) is 0 Å². The third-order valence-corrected chi connectivity index (χ3v) is 3.48. The van der Waals surface area contributed by atoms with Gasteiger partial charge in [-0.3, -0.25) is 0 Å². The Labute approximate surface area is 127 Å². The number of aromatic nitrogens is 3. The summed E-state index contributed by atoms with van der Waals surface area (Å²) in [4.78, 5) is 6.67. The van der Waals surface area contributed by atoms with Crippen molar-refractivity contribution in [2.75, 3.05) is 32.5 Å². The minimum absolute atomic E-state index is 0.0506. The van der Waals surface area contributed by atoms with Gasteiger partial charge in [0.2, 0.25) is 0 Å². The molecule has 0 aliphatic carbocycles. The van der Waals surface area contributed by atoms with Crippen molar-refractivity contribution in [2.45, 2.75) is 39.0 Å². The lowest BCUT2D eigenvalue weighted by Gasteiger charge is -2.13. The van der Waals surface area contributed by atoms with Crippen molar-refractivity contribution in [1.29, 1.82) is 0 Å². The highest BCUT2D eigenvalue weighted by molar-refractivity contribution is 5.68. The Morgan fingerprint density at radius 1 is 1.24 bits per heavy atom. The van der Waals surface area contributed by atoms with Gasteiger partial charge < -0.3 is 10.2 Å². The predicted octanol–water partition coefficient (Wildman–Crippen LogP) is 2.78. The smallest absolute Gasteiger partial charge is 0.152 e. The average molecular weight is 289 g/mol. The zero-order chi connectivity index (χ0) is 15.5. The fraction of sp³-hybridized carbons (Fsp3) is 0.625. The molecule has 21 heavy (non-hydrogen) atoms. The van der Waals surface area contributed by atoms with Crippen LogP contribution in [0.3, 0.4) is 0 Å². The maximum absolute atomic E-state index is 4.64. The molecule has 5 nitrogen and oxygen atoms in total. The molecule has 0 aromatic carbocycles. The second kappa shape index (κ2) is 6.43. The zero-order valence-electron chi connectivity index (χ0n) is 13.8. The van der Waals surface area contributed by atoms with Crippen molar-refractivity contribution in [3.05, 3.63) is 24.2 Å². The molecule has 0 bridgehead atoms. The van der Waals surface area contributed by atoms with E-state index in [0.717, 1.165) is 36.5 Å². The third-order valence-electron chi connectivity index (χ3n) is 3.48. The van der Waals surface area contributed by atoms with Crippen LogP contribution in [0.2, 0.25) is 0 Å². The van der Waals surface area contributed by atoms with Gasteiger partial charge in [0, 0.05) is 24.4 Å². The first-order chi connectivity index (χ1) is 9.88. The summed E-state index contributed by atoms with van der Waals surface area (Å²) in [5, 5.41) is 8.08. The first-order valence-electron chi connectivity index (χ1n) is 7.61. The van der Waals surface area contributed by atoms with Crippen molar-refractivity contribution in [2.24, 2.45) is 0 Å². The normalized spacial score (nSPS) is 12.3. The highest BCUT2D eigenvalue weighted by atomic mass is 15.2. The second-order valence-electron chi connectivity index (χ2n) is 6.82. The fourth-order valence-corrected chi connectivity index (χ4v) is 2.18. The SMILES string of the molecule is CN(C)CCCCNc1nccn2nc(C(C)(C)C)cc12. The first-order valence-corrected chi connectivity index (χ1v) is 7.61. The summed E-state index contributed by atoms with van der Waals surface area (Å²) in [7, 11) is 4.21. The first kappa shape index (κ1) is 15.8. The molecule has 0 unspecified atom stereocenters. The van der Waals surface area contributed by atoms with E-state index >= 15 is 0 Å². The molecule has 116 valence electrons. The standard InChI is InChI=1S/C16H27N5/c1-16(2,3)14-12-13-15(18-9-11-21(13)19-14)17-8-6-7-10-20(4)5/h9,11-12H,6-8,10H2,1-5H3,(H,17,18). The molecule has 2 aromatic heterocycles. The van der Waals surface area contributed by atoms with Crippen molar-refractivity contribution >= 4 is 11.3 Å². The number of nitrogens with zero attached hydrogens (tertiary/aromatic N) is 4. The molecule has 0 aliphatic rings. The van der Waals surface area contributed by atoms with Crippen LogP contribution < -0.4 is 5.32 Å². The number of anilines is 1. The lowest BCUT2D eigenvalue weighted by molar-refractivity contribution is 0.396. The van der Waals surface area contributed by atoms with E-state index in [1.165, 1.54) is 6.42 Å². The van der Waals surface area contributed by atoms with Crippen LogP contribution in [0.4, 0.5) is 5.82 Å². The molecule has 0 fully saturated rings. The van der Waals surface area contributed by atoms with E-state index in [1.54, 1.807) is 6.20 Å². The van der Waals surface area contributed by atoms with Gasteiger partial charge in [-0.2, -0.15) is 5.10 Å². The lowest BCUT2D eigenvalue weighted by Crippen LogP contribution is -2.14. The van der Waals surface area contributed by atoms with Crippen LogP contribution in [-0.2, 0) is 5.41 Å². The fourth-order valence-electron chi connectivity index (χ4n) is 2.18. The molecule has 2 heterocycles. The number of hydrogen-bond donors (Lipinski definition) is 1. The van der Waals surface area contributed by atoms with Crippen LogP contribution in [0.15, 0.2) is 18.5 Å². The summed E-state index contributed by atoms with van der Waals surface area (Å²) < 4.78 is 1.91. The average Bonchev–Trinajstić information content (AvgIpc) is 2.82. The molecular weight excluding hydrogens is 262 g/mol. The summed E-state index contributed by atoms with van der Waals surface area (Å²) in [6, 6.07) is 2.13. The third kappa shape index (κ3) is 4.17. The van der Waals surface area contributed by atoms with Gasteiger partial charge >= 0.3 is 0 Å². The summed E-state index contributed by atoms with van der Waals surface area (Å²) in [6.07, 6.45) is 6.03. The Kier molecular flexibility index (Phi) is 4.83. The molecule has 0 aliphatic heterocycles.